The van der Waals surface area contributed by atoms with Gasteiger partial charge in [0.05, 0.1) is 0 Å². The van der Waals surface area contributed by atoms with E-state index in [1.807, 2.05) is 0 Å². The fourth-order valence-corrected chi connectivity index (χ4v) is 0.303. The van der Waals surface area contributed by atoms with Crippen molar-refractivity contribution < 1.29 is 14.3 Å². The molecule has 3 nitrogen and oxygen atoms in total. The summed E-state index contributed by atoms with van der Waals surface area (Å²) in [6.07, 6.45) is 2.17. The molecule has 0 saturated heterocycles. The number of hydrogen-bond acceptors (Lipinski definition) is 3. The first-order valence-electron chi connectivity index (χ1n) is 2.30. The molecule has 0 unspecified atom stereocenters. The van der Waals surface area contributed by atoms with Crippen LogP contribution in [-0.2, 0) is 14.3 Å². The SMILES string of the molecule is O=C1C=CC(=O)O1.[CH3][SnH]. The number of esters is 2. The van der Waals surface area contributed by atoms with E-state index >= 15 is 0 Å². The van der Waals surface area contributed by atoms with E-state index in [1.165, 1.54) is 22.5 Å². The van der Waals surface area contributed by atoms with Crippen molar-refractivity contribution in [1.29, 1.82) is 0 Å². The van der Waals surface area contributed by atoms with E-state index in [-0.39, 0.29) is 0 Å². The molecular weight excluding hydrogens is 227 g/mol. The van der Waals surface area contributed by atoms with Gasteiger partial charge in [0.25, 0.3) is 0 Å². The summed E-state index contributed by atoms with van der Waals surface area (Å²) in [7, 11) is 0. The molecule has 0 spiro atoms. The Morgan fingerprint density at radius 3 is 1.67 bits per heavy atom. The Hall–Kier alpha value is -0.321. The van der Waals surface area contributed by atoms with Gasteiger partial charge in [-0.1, -0.05) is 0 Å². The van der Waals surface area contributed by atoms with Crippen LogP contribution in [-0.4, -0.2) is 34.5 Å². The van der Waals surface area contributed by atoms with Gasteiger partial charge >= 0.3 is 39.4 Å². The van der Waals surface area contributed by atoms with Gasteiger partial charge in [-0.2, -0.15) is 0 Å². The van der Waals surface area contributed by atoms with Crippen molar-refractivity contribution in [3.8, 4) is 0 Å². The number of hydrogen-bond donors (Lipinski definition) is 0. The fraction of sp³-hybridized carbons (Fsp3) is 0.200. The number of cyclic esters (lactones) is 2. The maximum atomic E-state index is 9.92. The van der Waals surface area contributed by atoms with E-state index in [4.69, 9.17) is 0 Å². The number of rotatable bonds is 0. The van der Waals surface area contributed by atoms with Crippen LogP contribution in [0.25, 0.3) is 0 Å². The van der Waals surface area contributed by atoms with Crippen LogP contribution in [0.15, 0.2) is 12.2 Å². The molecule has 0 N–H and O–H groups in total. The summed E-state index contributed by atoms with van der Waals surface area (Å²) in [5.41, 5.74) is 0. The molecule has 2 radical (unpaired) electrons. The Bertz CT molecular complexity index is 134. The first-order valence-corrected chi connectivity index (χ1v) is 5.60. The topological polar surface area (TPSA) is 43.4 Å². The van der Waals surface area contributed by atoms with Crippen molar-refractivity contribution in [3.63, 3.8) is 0 Å². The van der Waals surface area contributed by atoms with E-state index < -0.39 is 11.9 Å². The molecule has 0 aromatic heterocycles. The summed E-state index contributed by atoms with van der Waals surface area (Å²) in [6, 6.07) is 0. The predicted molar refractivity (Wildman–Crippen MR) is 33.3 cm³/mol. The van der Waals surface area contributed by atoms with Gasteiger partial charge in [-0.15, -0.1) is 0 Å². The molecule has 0 aliphatic carbocycles. The molecule has 4 heteroatoms. The summed E-state index contributed by atoms with van der Waals surface area (Å²) in [6.45, 7) is 0. The quantitative estimate of drug-likeness (QED) is 0.323. The second kappa shape index (κ2) is 4.55. The van der Waals surface area contributed by atoms with Crippen LogP contribution in [0.1, 0.15) is 0 Å². The van der Waals surface area contributed by atoms with Crippen molar-refractivity contribution in [2.45, 2.75) is 4.94 Å². The van der Waals surface area contributed by atoms with E-state index in [2.05, 4.69) is 9.68 Å². The van der Waals surface area contributed by atoms with Gasteiger partial charge < -0.3 is 4.74 Å². The van der Waals surface area contributed by atoms with Gasteiger partial charge in [-0.3, -0.25) is 0 Å². The summed E-state index contributed by atoms with van der Waals surface area (Å²) < 4.78 is 3.97. The Kier molecular flexibility index (Phi) is 4.39. The summed E-state index contributed by atoms with van der Waals surface area (Å²) in [4.78, 5) is 22.0. The van der Waals surface area contributed by atoms with Gasteiger partial charge in [0.2, 0.25) is 0 Å². The zero-order chi connectivity index (χ0) is 7.28. The van der Waals surface area contributed by atoms with E-state index in [1.54, 1.807) is 0 Å². The first kappa shape index (κ1) is 8.68. The third-order valence-electron chi connectivity index (χ3n) is 0.557. The van der Waals surface area contributed by atoms with Crippen LogP contribution in [0.5, 0.6) is 0 Å². The molecule has 0 aromatic rings. The Morgan fingerprint density at radius 1 is 1.22 bits per heavy atom. The molecule has 0 aromatic carbocycles. The number of carbonyl (C=O) groups excluding carboxylic acids is 2. The number of carbonyl (C=O) groups is 2. The molecule has 9 heavy (non-hydrogen) atoms. The van der Waals surface area contributed by atoms with Gasteiger partial charge in [-0.25, -0.2) is 9.59 Å². The third-order valence-corrected chi connectivity index (χ3v) is 0.557. The second-order valence-electron chi connectivity index (χ2n) is 1.07. The van der Waals surface area contributed by atoms with Gasteiger partial charge in [0.1, 0.15) is 0 Å². The second-order valence-corrected chi connectivity index (χ2v) is 1.07. The van der Waals surface area contributed by atoms with Crippen molar-refractivity contribution in [3.05, 3.63) is 12.2 Å². The molecule has 0 atom stereocenters. The molecule has 1 heterocycles. The molecule has 48 valence electrons. The van der Waals surface area contributed by atoms with E-state index in [9.17, 15) is 9.59 Å². The Balaban J connectivity index is 0.000000291. The molecular formula is C5H6O3Sn. The average molecular weight is 233 g/mol. The van der Waals surface area contributed by atoms with E-state index in [0.717, 1.165) is 12.2 Å². The standard InChI is InChI=1S/C4H2O3.CH3.Sn.H/c5-3-1-2-4(6)7-3;;;/h1-2H;1H3;;. The van der Waals surface area contributed by atoms with Crippen LogP contribution in [0.3, 0.4) is 0 Å². The maximum absolute atomic E-state index is 9.92. The van der Waals surface area contributed by atoms with Crippen LogP contribution in [0.2, 0.25) is 4.94 Å². The molecule has 0 bridgehead atoms. The Labute approximate surface area is 66.2 Å². The van der Waals surface area contributed by atoms with Crippen molar-refractivity contribution in [2.24, 2.45) is 0 Å². The van der Waals surface area contributed by atoms with Gasteiger partial charge in [0.15, 0.2) is 0 Å². The molecule has 1 aliphatic heterocycles. The summed E-state index contributed by atoms with van der Waals surface area (Å²) >= 11 is 1.35. The minimum absolute atomic E-state index is 0.579. The van der Waals surface area contributed by atoms with Crippen molar-refractivity contribution in [2.75, 3.05) is 0 Å². The zero-order valence-electron chi connectivity index (χ0n) is 4.96. The monoisotopic (exact) mass is 234 g/mol. The van der Waals surface area contributed by atoms with Crippen molar-refractivity contribution >= 4 is 34.5 Å². The normalized spacial score (nSPS) is 14.4. The number of ether oxygens (including phenoxy) is 1. The molecule has 1 rings (SSSR count). The van der Waals surface area contributed by atoms with E-state index in [0.29, 0.717) is 0 Å². The predicted octanol–water partition coefficient (Wildman–Crippen LogP) is -0.439. The van der Waals surface area contributed by atoms with Gasteiger partial charge in [0, 0.05) is 12.2 Å². The van der Waals surface area contributed by atoms with Gasteiger partial charge in [-0.05, 0) is 0 Å². The first-order chi connectivity index (χ1) is 4.29. The minimum atomic E-state index is -0.579. The van der Waals surface area contributed by atoms with Crippen LogP contribution < -0.4 is 0 Å². The molecule has 0 fully saturated rings. The van der Waals surface area contributed by atoms with Crippen LogP contribution in [0, 0.1) is 0 Å². The fourth-order valence-electron chi connectivity index (χ4n) is 0.303. The molecule has 0 saturated carbocycles. The summed E-state index contributed by atoms with van der Waals surface area (Å²) in [5.74, 6) is -1.16. The Morgan fingerprint density at radius 2 is 1.56 bits per heavy atom. The molecule has 0 amide bonds. The zero-order valence-corrected chi connectivity index (χ0v) is 8.25. The third kappa shape index (κ3) is 3.29. The average Bonchev–Trinajstić information content (AvgIpc) is 2.20. The van der Waals surface area contributed by atoms with Crippen molar-refractivity contribution in [1.82, 2.24) is 0 Å². The van der Waals surface area contributed by atoms with Crippen LogP contribution >= 0.6 is 0 Å². The van der Waals surface area contributed by atoms with Crippen LogP contribution in [0.4, 0.5) is 0 Å². The summed E-state index contributed by atoms with van der Waals surface area (Å²) in [5, 5.41) is 0. The molecule has 1 aliphatic rings.